The van der Waals surface area contributed by atoms with Gasteiger partial charge >= 0.3 is 0 Å². The monoisotopic (exact) mass is 312 g/mol. The van der Waals surface area contributed by atoms with Crippen LogP contribution in [0.15, 0.2) is 54.6 Å². The van der Waals surface area contributed by atoms with Gasteiger partial charge in [0.15, 0.2) is 6.10 Å². The van der Waals surface area contributed by atoms with Gasteiger partial charge in [0.05, 0.1) is 0 Å². The Morgan fingerprint density at radius 3 is 2.61 bits per heavy atom. The first-order chi connectivity index (χ1) is 11.1. The first-order valence-electron chi connectivity index (χ1n) is 7.83. The molecule has 4 heteroatoms. The number of ether oxygens (including phenoxy) is 1. The quantitative estimate of drug-likeness (QED) is 0.854. The van der Waals surface area contributed by atoms with Crippen LogP contribution in [-0.4, -0.2) is 32.1 Å². The maximum Gasteiger partial charge on any atom is 0.260 e. The number of benzene rings is 2. The number of anilines is 1. The van der Waals surface area contributed by atoms with Crippen LogP contribution in [0.1, 0.15) is 12.5 Å². The second kappa shape index (κ2) is 8.22. The molecule has 23 heavy (non-hydrogen) atoms. The van der Waals surface area contributed by atoms with Crippen LogP contribution in [0.5, 0.6) is 5.75 Å². The van der Waals surface area contributed by atoms with Crippen molar-refractivity contribution >= 4 is 11.6 Å². The average Bonchev–Trinajstić information content (AvgIpc) is 2.55. The Labute approximate surface area is 138 Å². The molecule has 1 N–H and O–H groups in total. The van der Waals surface area contributed by atoms with E-state index >= 15 is 0 Å². The number of nitrogens with zero attached hydrogens (tertiary/aromatic N) is 1. The van der Waals surface area contributed by atoms with Crippen molar-refractivity contribution < 1.29 is 9.53 Å². The molecule has 4 nitrogen and oxygen atoms in total. The van der Waals surface area contributed by atoms with Gasteiger partial charge in [-0.3, -0.25) is 4.79 Å². The molecule has 2 aromatic rings. The van der Waals surface area contributed by atoms with Gasteiger partial charge in [-0.15, -0.1) is 0 Å². The third-order valence-electron chi connectivity index (χ3n) is 3.62. The number of aryl methyl sites for hydroxylation is 1. The summed E-state index contributed by atoms with van der Waals surface area (Å²) in [6.45, 7) is 5.08. The molecular formula is C19H24N2O2. The number of para-hydroxylation sites is 1. The maximum atomic E-state index is 12.1. The molecule has 0 saturated heterocycles. The Balaban J connectivity index is 1.76. The van der Waals surface area contributed by atoms with Gasteiger partial charge in [-0.05, 0) is 43.7 Å². The molecule has 0 unspecified atom stereocenters. The fourth-order valence-corrected chi connectivity index (χ4v) is 2.25. The SMILES string of the molecule is Cc1cccc(O[C@@H](C)C(=O)NCCN(C)c2ccccc2)c1. The summed E-state index contributed by atoms with van der Waals surface area (Å²) >= 11 is 0. The van der Waals surface area contributed by atoms with E-state index in [1.54, 1.807) is 6.92 Å². The van der Waals surface area contributed by atoms with Crippen LogP contribution in [0, 0.1) is 6.92 Å². The Bertz CT molecular complexity index is 628. The molecule has 0 aliphatic rings. The first kappa shape index (κ1) is 16.9. The molecule has 0 aromatic heterocycles. The number of hydrogen-bond donors (Lipinski definition) is 1. The van der Waals surface area contributed by atoms with Gasteiger partial charge < -0.3 is 15.0 Å². The minimum absolute atomic E-state index is 0.104. The lowest BCUT2D eigenvalue weighted by molar-refractivity contribution is -0.127. The fourth-order valence-electron chi connectivity index (χ4n) is 2.25. The molecule has 122 valence electrons. The summed E-state index contributed by atoms with van der Waals surface area (Å²) in [7, 11) is 2.01. The van der Waals surface area contributed by atoms with Crippen molar-refractivity contribution in [2.24, 2.45) is 0 Å². The zero-order valence-corrected chi connectivity index (χ0v) is 14.0. The minimum atomic E-state index is -0.515. The zero-order chi connectivity index (χ0) is 16.7. The fraction of sp³-hybridized carbons (Fsp3) is 0.316. The summed E-state index contributed by atoms with van der Waals surface area (Å²) in [5, 5.41) is 2.91. The largest absolute Gasteiger partial charge is 0.481 e. The molecule has 0 spiro atoms. The number of carbonyl (C=O) groups is 1. The lowest BCUT2D eigenvalue weighted by Gasteiger charge is -2.20. The number of rotatable bonds is 7. The van der Waals surface area contributed by atoms with E-state index in [0.717, 1.165) is 17.8 Å². The second-order valence-electron chi connectivity index (χ2n) is 5.62. The number of amides is 1. The van der Waals surface area contributed by atoms with Gasteiger partial charge in [0.25, 0.3) is 5.91 Å². The molecule has 2 aromatic carbocycles. The summed E-state index contributed by atoms with van der Waals surface area (Å²) in [6, 6.07) is 17.8. The zero-order valence-electron chi connectivity index (χ0n) is 14.0. The lowest BCUT2D eigenvalue weighted by atomic mass is 10.2. The van der Waals surface area contributed by atoms with Gasteiger partial charge in [-0.2, -0.15) is 0 Å². The summed E-state index contributed by atoms with van der Waals surface area (Å²) in [4.78, 5) is 14.2. The molecule has 0 aliphatic carbocycles. The van der Waals surface area contributed by atoms with Crippen molar-refractivity contribution in [3.63, 3.8) is 0 Å². The molecule has 0 heterocycles. The van der Waals surface area contributed by atoms with E-state index in [9.17, 15) is 4.79 Å². The molecule has 2 rings (SSSR count). The number of likely N-dealkylation sites (N-methyl/N-ethyl adjacent to an activating group) is 1. The highest BCUT2D eigenvalue weighted by atomic mass is 16.5. The first-order valence-corrected chi connectivity index (χ1v) is 7.83. The summed E-state index contributed by atoms with van der Waals surface area (Å²) in [5.74, 6) is 0.613. The van der Waals surface area contributed by atoms with Gasteiger partial charge in [0.1, 0.15) is 5.75 Å². The maximum absolute atomic E-state index is 12.1. The van der Waals surface area contributed by atoms with Crippen LogP contribution >= 0.6 is 0 Å². The van der Waals surface area contributed by atoms with Crippen molar-refractivity contribution in [3.8, 4) is 5.75 Å². The molecule has 0 radical (unpaired) electrons. The second-order valence-corrected chi connectivity index (χ2v) is 5.62. The molecule has 1 amide bonds. The Hall–Kier alpha value is -2.49. The van der Waals surface area contributed by atoms with Crippen LogP contribution in [0.3, 0.4) is 0 Å². The molecule has 0 saturated carbocycles. The van der Waals surface area contributed by atoms with Crippen LogP contribution in [0.2, 0.25) is 0 Å². The highest BCUT2D eigenvalue weighted by Gasteiger charge is 2.14. The van der Waals surface area contributed by atoms with Crippen molar-refractivity contribution in [3.05, 3.63) is 60.2 Å². The number of hydrogen-bond acceptors (Lipinski definition) is 3. The molecule has 0 bridgehead atoms. The third-order valence-corrected chi connectivity index (χ3v) is 3.62. The van der Waals surface area contributed by atoms with Crippen molar-refractivity contribution in [2.45, 2.75) is 20.0 Å². The van der Waals surface area contributed by atoms with E-state index in [0.29, 0.717) is 12.3 Å². The van der Waals surface area contributed by atoms with Crippen LogP contribution in [0.4, 0.5) is 5.69 Å². The van der Waals surface area contributed by atoms with E-state index in [-0.39, 0.29) is 5.91 Å². The van der Waals surface area contributed by atoms with Gasteiger partial charge in [0, 0.05) is 25.8 Å². The summed E-state index contributed by atoms with van der Waals surface area (Å²) in [6.07, 6.45) is -0.515. The standard InChI is InChI=1S/C19H24N2O2/c1-15-8-7-11-18(14-15)23-16(2)19(22)20-12-13-21(3)17-9-5-4-6-10-17/h4-11,14,16H,12-13H2,1-3H3,(H,20,22)/t16-/m0/s1. The Kier molecular flexibility index (Phi) is 6.03. The molecule has 0 aliphatic heterocycles. The smallest absolute Gasteiger partial charge is 0.260 e. The van der Waals surface area contributed by atoms with E-state index in [2.05, 4.69) is 10.2 Å². The highest BCUT2D eigenvalue weighted by Crippen LogP contribution is 2.14. The van der Waals surface area contributed by atoms with Crippen LogP contribution in [0.25, 0.3) is 0 Å². The summed E-state index contributed by atoms with van der Waals surface area (Å²) in [5.41, 5.74) is 2.24. The van der Waals surface area contributed by atoms with Crippen LogP contribution < -0.4 is 15.0 Å². The van der Waals surface area contributed by atoms with E-state index < -0.39 is 6.10 Å². The molecule has 1 atom stereocenters. The Morgan fingerprint density at radius 1 is 1.17 bits per heavy atom. The third kappa shape index (κ3) is 5.33. The van der Waals surface area contributed by atoms with E-state index in [1.165, 1.54) is 0 Å². The van der Waals surface area contributed by atoms with Crippen molar-refractivity contribution in [1.29, 1.82) is 0 Å². The number of nitrogens with one attached hydrogen (secondary N) is 1. The van der Waals surface area contributed by atoms with Crippen LogP contribution in [-0.2, 0) is 4.79 Å². The minimum Gasteiger partial charge on any atom is -0.481 e. The Morgan fingerprint density at radius 2 is 1.91 bits per heavy atom. The van der Waals surface area contributed by atoms with Crippen molar-refractivity contribution in [1.82, 2.24) is 5.32 Å². The lowest BCUT2D eigenvalue weighted by Crippen LogP contribution is -2.40. The van der Waals surface area contributed by atoms with Crippen molar-refractivity contribution in [2.75, 3.05) is 25.0 Å². The topological polar surface area (TPSA) is 41.6 Å². The molecule has 0 fully saturated rings. The normalized spacial score (nSPS) is 11.6. The van der Waals surface area contributed by atoms with E-state index in [1.807, 2.05) is 68.6 Å². The average molecular weight is 312 g/mol. The van der Waals surface area contributed by atoms with Gasteiger partial charge in [0.2, 0.25) is 0 Å². The summed E-state index contributed by atoms with van der Waals surface area (Å²) < 4.78 is 5.67. The molecular weight excluding hydrogens is 288 g/mol. The van der Waals surface area contributed by atoms with E-state index in [4.69, 9.17) is 4.74 Å². The predicted octanol–water partition coefficient (Wildman–Crippen LogP) is 3.01. The highest BCUT2D eigenvalue weighted by molar-refractivity contribution is 5.80. The number of carbonyl (C=O) groups excluding carboxylic acids is 1. The van der Waals surface area contributed by atoms with Gasteiger partial charge in [-0.1, -0.05) is 30.3 Å². The predicted molar refractivity (Wildman–Crippen MR) is 94.0 cm³/mol. The van der Waals surface area contributed by atoms with Gasteiger partial charge in [-0.25, -0.2) is 0 Å².